The van der Waals surface area contributed by atoms with Crippen LogP contribution >= 0.6 is 0 Å². The fraction of sp³-hybridized carbons (Fsp3) is 0.359. The zero-order valence-corrected chi connectivity index (χ0v) is 30.0. The van der Waals surface area contributed by atoms with Crippen molar-refractivity contribution >= 4 is 58.8 Å². The maximum atomic E-state index is 13.9. The van der Waals surface area contributed by atoms with Crippen LogP contribution in [0.4, 0.5) is 14.9 Å². The fourth-order valence-electron chi connectivity index (χ4n) is 6.96. The molecule has 6 rings (SSSR count). The molecule has 0 saturated carbocycles. The SMILES string of the molecule is Cc1cc(C)n(C(=O)NCCCCCCCCNC(=O)COc2cccc3c2C(=O)N(C2CCC(=O)NC2=O)C3=O)c1/C=C1\C(=O)Nc2ccc(F)cc21. The van der Waals surface area contributed by atoms with Gasteiger partial charge in [-0.2, -0.15) is 0 Å². The van der Waals surface area contributed by atoms with E-state index in [9.17, 15) is 38.0 Å². The number of rotatable bonds is 14. The van der Waals surface area contributed by atoms with Crippen molar-refractivity contribution in [3.8, 4) is 5.75 Å². The number of piperidine rings is 1. The lowest BCUT2D eigenvalue weighted by Crippen LogP contribution is -2.54. The Morgan fingerprint density at radius 1 is 0.889 bits per heavy atom. The summed E-state index contributed by atoms with van der Waals surface area (Å²) in [5.74, 6) is -3.68. The second-order valence-electron chi connectivity index (χ2n) is 13.5. The number of carbonyl (C=O) groups excluding carboxylic acids is 7. The number of fused-ring (bicyclic) bond motifs is 2. The van der Waals surface area contributed by atoms with Crippen LogP contribution in [0.25, 0.3) is 11.6 Å². The number of anilines is 1. The average Bonchev–Trinajstić information content (AvgIpc) is 3.70. The van der Waals surface area contributed by atoms with Crippen molar-refractivity contribution in [2.75, 3.05) is 25.0 Å². The van der Waals surface area contributed by atoms with Crippen LogP contribution in [-0.2, 0) is 19.2 Å². The summed E-state index contributed by atoms with van der Waals surface area (Å²) < 4.78 is 21.1. The number of benzene rings is 2. The number of imide groups is 2. The molecule has 7 amide bonds. The monoisotopic (exact) mass is 740 g/mol. The maximum absolute atomic E-state index is 13.9. The number of hydrogen-bond donors (Lipinski definition) is 4. The molecule has 15 heteroatoms. The smallest absolute Gasteiger partial charge is 0.326 e. The van der Waals surface area contributed by atoms with E-state index in [0.717, 1.165) is 49.0 Å². The molecular formula is C39H41FN6O8. The van der Waals surface area contributed by atoms with Gasteiger partial charge in [-0.3, -0.25) is 43.6 Å². The number of ether oxygens (including phenoxy) is 1. The van der Waals surface area contributed by atoms with Crippen molar-refractivity contribution in [1.82, 2.24) is 25.4 Å². The van der Waals surface area contributed by atoms with Gasteiger partial charge in [0, 0.05) is 36.5 Å². The van der Waals surface area contributed by atoms with Crippen molar-refractivity contribution in [2.45, 2.75) is 71.3 Å². The minimum Gasteiger partial charge on any atom is -0.483 e. The molecule has 3 aliphatic rings. The highest BCUT2D eigenvalue weighted by atomic mass is 19.1. The molecule has 0 bridgehead atoms. The molecule has 3 aliphatic heterocycles. The third-order valence-corrected chi connectivity index (χ3v) is 9.66. The molecule has 282 valence electrons. The van der Waals surface area contributed by atoms with Crippen LogP contribution in [0.5, 0.6) is 5.75 Å². The van der Waals surface area contributed by atoms with Gasteiger partial charge in [0.2, 0.25) is 11.8 Å². The summed E-state index contributed by atoms with van der Waals surface area (Å²) in [5, 5.41) is 10.6. The van der Waals surface area contributed by atoms with E-state index in [1.165, 1.54) is 41.0 Å². The Hall–Kier alpha value is -6.12. The summed E-state index contributed by atoms with van der Waals surface area (Å²) in [6, 6.07) is 9.02. The number of aromatic nitrogens is 1. The minimum absolute atomic E-state index is 0.00959. The Kier molecular flexibility index (Phi) is 11.3. The van der Waals surface area contributed by atoms with Crippen LogP contribution in [0.1, 0.15) is 94.6 Å². The van der Waals surface area contributed by atoms with Gasteiger partial charge in [-0.25, -0.2) is 9.18 Å². The van der Waals surface area contributed by atoms with Crippen molar-refractivity contribution in [1.29, 1.82) is 0 Å². The predicted molar refractivity (Wildman–Crippen MR) is 195 cm³/mol. The van der Waals surface area contributed by atoms with Gasteiger partial charge in [0.25, 0.3) is 23.6 Å². The first-order valence-electron chi connectivity index (χ1n) is 18.0. The Labute approximate surface area is 310 Å². The van der Waals surface area contributed by atoms with E-state index in [1.54, 1.807) is 6.08 Å². The topological polar surface area (TPSA) is 185 Å². The van der Waals surface area contributed by atoms with Gasteiger partial charge >= 0.3 is 6.03 Å². The molecule has 3 aromatic rings. The van der Waals surface area contributed by atoms with Crippen LogP contribution < -0.4 is 26.0 Å². The highest BCUT2D eigenvalue weighted by molar-refractivity contribution is 6.35. The van der Waals surface area contributed by atoms with Crippen molar-refractivity contribution in [2.24, 2.45) is 0 Å². The highest BCUT2D eigenvalue weighted by Gasteiger charge is 2.46. The van der Waals surface area contributed by atoms with E-state index in [0.29, 0.717) is 41.3 Å². The van der Waals surface area contributed by atoms with Gasteiger partial charge in [0.15, 0.2) is 6.61 Å². The molecule has 4 heterocycles. The third kappa shape index (κ3) is 7.94. The molecule has 54 heavy (non-hydrogen) atoms. The third-order valence-electron chi connectivity index (χ3n) is 9.66. The van der Waals surface area contributed by atoms with E-state index in [1.807, 2.05) is 19.9 Å². The van der Waals surface area contributed by atoms with Crippen LogP contribution in [0.15, 0.2) is 42.5 Å². The molecule has 1 atom stereocenters. The molecule has 4 N–H and O–H groups in total. The molecule has 14 nitrogen and oxygen atoms in total. The van der Waals surface area contributed by atoms with Crippen molar-refractivity contribution in [3.63, 3.8) is 0 Å². The number of halogens is 1. The van der Waals surface area contributed by atoms with Gasteiger partial charge in [-0.05, 0) is 81.1 Å². The first-order chi connectivity index (χ1) is 25.9. The quantitative estimate of drug-likeness (QED) is 0.108. The van der Waals surface area contributed by atoms with Crippen molar-refractivity contribution in [3.05, 3.63) is 81.9 Å². The Balaban J connectivity index is 0.876. The summed E-state index contributed by atoms with van der Waals surface area (Å²) in [6.07, 6.45) is 6.85. The Morgan fingerprint density at radius 2 is 1.61 bits per heavy atom. The van der Waals surface area contributed by atoms with Gasteiger partial charge in [-0.1, -0.05) is 31.7 Å². The summed E-state index contributed by atoms with van der Waals surface area (Å²) in [4.78, 5) is 89.2. The van der Waals surface area contributed by atoms with Crippen LogP contribution in [0.3, 0.4) is 0 Å². The summed E-state index contributed by atoms with van der Waals surface area (Å²) in [6.45, 7) is 4.20. The zero-order valence-electron chi connectivity index (χ0n) is 30.0. The normalized spacial score (nSPS) is 17.0. The molecule has 1 saturated heterocycles. The average molecular weight is 741 g/mol. The first-order valence-corrected chi connectivity index (χ1v) is 18.0. The number of hydrogen-bond acceptors (Lipinski definition) is 8. The molecular weight excluding hydrogens is 699 g/mol. The lowest BCUT2D eigenvalue weighted by molar-refractivity contribution is -0.136. The predicted octanol–water partition coefficient (Wildman–Crippen LogP) is 4.23. The minimum atomic E-state index is -1.10. The van der Waals surface area contributed by atoms with Crippen molar-refractivity contribution < 1.29 is 42.7 Å². The second kappa shape index (κ2) is 16.3. The van der Waals surface area contributed by atoms with E-state index >= 15 is 0 Å². The first kappa shape index (κ1) is 37.6. The van der Waals surface area contributed by atoms with Crippen LogP contribution in [0.2, 0.25) is 0 Å². The molecule has 1 fully saturated rings. The highest BCUT2D eigenvalue weighted by Crippen LogP contribution is 2.35. The van der Waals surface area contributed by atoms with E-state index < -0.39 is 35.5 Å². The number of nitrogens with one attached hydrogen (secondary N) is 4. The Morgan fingerprint density at radius 3 is 2.35 bits per heavy atom. The van der Waals surface area contributed by atoms with E-state index in [2.05, 4.69) is 21.3 Å². The summed E-state index contributed by atoms with van der Waals surface area (Å²) in [5.41, 5.74) is 3.40. The van der Waals surface area contributed by atoms with Crippen LogP contribution in [-0.4, -0.2) is 76.7 Å². The molecule has 0 aliphatic carbocycles. The standard InChI is InChI=1S/C39H41FN6O8/c1-22-18-23(2)45(30(22)20-27-26-19-24(40)12-13-28(26)43-35(27)49)39(53)42-17-8-6-4-3-5-7-16-41-33(48)21-54-31-11-9-10-25-34(31)38(52)46(37(25)51)29-14-15-32(47)44-36(29)50/h9-13,18-20,29H,3-8,14-17,21H2,1-2H3,(H,41,48)(H,42,53)(H,43,49)(H,44,47,50)/b27-20-. The molecule has 0 radical (unpaired) electrons. The van der Waals surface area contributed by atoms with E-state index in [4.69, 9.17) is 4.74 Å². The fourth-order valence-corrected chi connectivity index (χ4v) is 6.96. The van der Waals surface area contributed by atoms with Crippen LogP contribution in [0, 0.1) is 19.7 Å². The number of aryl methyl sites for hydroxylation is 2. The second-order valence-corrected chi connectivity index (χ2v) is 13.5. The molecule has 2 aromatic carbocycles. The lowest BCUT2D eigenvalue weighted by atomic mass is 10.0. The number of amides is 7. The van der Waals surface area contributed by atoms with Gasteiger partial charge in [-0.15, -0.1) is 0 Å². The van der Waals surface area contributed by atoms with Gasteiger partial charge in [0.1, 0.15) is 17.6 Å². The number of unbranched alkanes of at least 4 members (excludes halogenated alkanes) is 5. The number of carbonyl (C=O) groups is 7. The van der Waals surface area contributed by atoms with Gasteiger partial charge in [0.05, 0.1) is 22.4 Å². The summed E-state index contributed by atoms with van der Waals surface area (Å²) >= 11 is 0. The molecule has 1 aromatic heterocycles. The number of nitrogens with zero attached hydrogens (tertiary/aromatic N) is 2. The molecule has 1 unspecified atom stereocenters. The summed E-state index contributed by atoms with van der Waals surface area (Å²) in [7, 11) is 0. The lowest BCUT2D eigenvalue weighted by Gasteiger charge is -2.27. The van der Waals surface area contributed by atoms with Gasteiger partial charge < -0.3 is 20.7 Å². The largest absolute Gasteiger partial charge is 0.483 e. The Bertz CT molecular complexity index is 2090. The zero-order chi connectivity index (χ0) is 38.5. The molecule has 0 spiro atoms. The van der Waals surface area contributed by atoms with E-state index in [-0.39, 0.29) is 54.2 Å². The maximum Gasteiger partial charge on any atom is 0.326 e.